The second-order valence-corrected chi connectivity index (χ2v) is 2.64. The van der Waals surface area contributed by atoms with Crippen LogP contribution in [0.5, 0.6) is 0 Å². The molecule has 0 aromatic carbocycles. The van der Waals surface area contributed by atoms with E-state index in [9.17, 15) is 0 Å². The SMILES string of the molecule is CCN1C=CCCC1C. The van der Waals surface area contributed by atoms with Gasteiger partial charge in [0.25, 0.3) is 0 Å². The Balaban J connectivity index is 2.46. The summed E-state index contributed by atoms with van der Waals surface area (Å²) in [5.41, 5.74) is 0. The van der Waals surface area contributed by atoms with E-state index in [2.05, 4.69) is 31.0 Å². The second-order valence-electron chi connectivity index (χ2n) is 2.64. The Bertz CT molecular complexity index is 107. The Hall–Kier alpha value is -0.460. The lowest BCUT2D eigenvalue weighted by Gasteiger charge is -2.29. The molecule has 1 heterocycles. The normalized spacial score (nSPS) is 26.9. The summed E-state index contributed by atoms with van der Waals surface area (Å²) in [5.74, 6) is 0. The first-order valence-electron chi connectivity index (χ1n) is 3.77. The highest BCUT2D eigenvalue weighted by molar-refractivity contribution is 4.90. The molecule has 0 aliphatic carbocycles. The summed E-state index contributed by atoms with van der Waals surface area (Å²) in [7, 11) is 0. The number of allylic oxidation sites excluding steroid dienone is 1. The van der Waals surface area contributed by atoms with Crippen LogP contribution in [-0.4, -0.2) is 17.5 Å². The maximum Gasteiger partial charge on any atom is 0.0258 e. The molecule has 0 fully saturated rings. The van der Waals surface area contributed by atoms with Gasteiger partial charge in [-0.05, 0) is 32.9 Å². The van der Waals surface area contributed by atoms with E-state index in [1.165, 1.54) is 12.8 Å². The van der Waals surface area contributed by atoms with Crippen molar-refractivity contribution >= 4 is 0 Å². The lowest BCUT2D eigenvalue weighted by molar-refractivity contribution is 0.280. The molecule has 9 heavy (non-hydrogen) atoms. The molecule has 1 nitrogen and oxygen atoms in total. The van der Waals surface area contributed by atoms with E-state index in [-0.39, 0.29) is 0 Å². The Kier molecular flexibility index (Phi) is 2.15. The molecule has 0 aromatic heterocycles. The van der Waals surface area contributed by atoms with Crippen molar-refractivity contribution in [3.05, 3.63) is 12.3 Å². The fraction of sp³-hybridized carbons (Fsp3) is 0.750. The van der Waals surface area contributed by atoms with E-state index in [1.54, 1.807) is 0 Å². The summed E-state index contributed by atoms with van der Waals surface area (Å²) in [6.45, 7) is 5.64. The molecule has 1 atom stereocenters. The zero-order valence-electron chi connectivity index (χ0n) is 6.30. The second kappa shape index (κ2) is 2.90. The van der Waals surface area contributed by atoms with E-state index < -0.39 is 0 Å². The molecule has 52 valence electrons. The monoisotopic (exact) mass is 125 g/mol. The minimum Gasteiger partial charge on any atom is -0.375 e. The first-order chi connectivity index (χ1) is 4.34. The maximum absolute atomic E-state index is 2.38. The molecular formula is C8H15N. The standard InChI is InChI=1S/C8H15N/c1-3-9-7-5-4-6-8(9)2/h5,7-8H,3-4,6H2,1-2H3. The van der Waals surface area contributed by atoms with Gasteiger partial charge in [-0.15, -0.1) is 0 Å². The summed E-state index contributed by atoms with van der Waals surface area (Å²) in [6, 6.07) is 0.764. The van der Waals surface area contributed by atoms with Crippen LogP contribution in [0.15, 0.2) is 12.3 Å². The Morgan fingerprint density at radius 3 is 2.89 bits per heavy atom. The van der Waals surface area contributed by atoms with Crippen LogP contribution in [0, 0.1) is 0 Å². The van der Waals surface area contributed by atoms with Crippen LogP contribution in [-0.2, 0) is 0 Å². The lowest BCUT2D eigenvalue weighted by atomic mass is 10.1. The van der Waals surface area contributed by atoms with Crippen molar-refractivity contribution in [2.24, 2.45) is 0 Å². The topological polar surface area (TPSA) is 3.24 Å². The fourth-order valence-corrected chi connectivity index (χ4v) is 1.28. The molecule has 1 heteroatoms. The van der Waals surface area contributed by atoms with Gasteiger partial charge in [0.15, 0.2) is 0 Å². The van der Waals surface area contributed by atoms with E-state index in [4.69, 9.17) is 0 Å². The largest absolute Gasteiger partial charge is 0.375 e. The number of nitrogens with zero attached hydrogens (tertiary/aromatic N) is 1. The number of rotatable bonds is 1. The average Bonchev–Trinajstić information content (AvgIpc) is 1.89. The predicted molar refractivity (Wildman–Crippen MR) is 40.2 cm³/mol. The van der Waals surface area contributed by atoms with E-state index in [0.29, 0.717) is 0 Å². The van der Waals surface area contributed by atoms with Crippen LogP contribution in [0.1, 0.15) is 26.7 Å². The molecule has 0 saturated carbocycles. The van der Waals surface area contributed by atoms with Gasteiger partial charge in [-0.3, -0.25) is 0 Å². The molecule has 0 amide bonds. The summed E-state index contributed by atoms with van der Waals surface area (Å²) < 4.78 is 0. The van der Waals surface area contributed by atoms with E-state index >= 15 is 0 Å². The third-order valence-corrected chi connectivity index (χ3v) is 1.98. The zero-order chi connectivity index (χ0) is 6.69. The van der Waals surface area contributed by atoms with Crippen LogP contribution in [0.4, 0.5) is 0 Å². The summed E-state index contributed by atoms with van der Waals surface area (Å²) in [5, 5.41) is 0. The molecular weight excluding hydrogens is 110 g/mol. The van der Waals surface area contributed by atoms with Crippen molar-refractivity contribution in [3.63, 3.8) is 0 Å². The smallest absolute Gasteiger partial charge is 0.0258 e. The van der Waals surface area contributed by atoms with Crippen molar-refractivity contribution in [3.8, 4) is 0 Å². The molecule has 1 rings (SSSR count). The van der Waals surface area contributed by atoms with Gasteiger partial charge >= 0.3 is 0 Å². The van der Waals surface area contributed by atoms with Gasteiger partial charge in [0, 0.05) is 12.6 Å². The van der Waals surface area contributed by atoms with E-state index in [1.807, 2.05) is 0 Å². The Morgan fingerprint density at radius 1 is 1.67 bits per heavy atom. The van der Waals surface area contributed by atoms with Crippen LogP contribution in [0.25, 0.3) is 0 Å². The van der Waals surface area contributed by atoms with Crippen molar-refractivity contribution in [1.29, 1.82) is 0 Å². The van der Waals surface area contributed by atoms with Crippen molar-refractivity contribution in [2.75, 3.05) is 6.54 Å². The van der Waals surface area contributed by atoms with Gasteiger partial charge in [-0.1, -0.05) is 6.08 Å². The number of hydrogen-bond donors (Lipinski definition) is 0. The Morgan fingerprint density at radius 2 is 2.44 bits per heavy atom. The molecule has 1 unspecified atom stereocenters. The van der Waals surface area contributed by atoms with Gasteiger partial charge in [0.05, 0.1) is 0 Å². The molecule has 1 aliphatic heterocycles. The highest BCUT2D eigenvalue weighted by Crippen LogP contribution is 2.12. The molecule has 0 aromatic rings. The molecule has 1 aliphatic rings. The lowest BCUT2D eigenvalue weighted by Crippen LogP contribution is -2.29. The van der Waals surface area contributed by atoms with Crippen LogP contribution in [0.3, 0.4) is 0 Å². The molecule has 0 N–H and O–H groups in total. The maximum atomic E-state index is 2.38. The van der Waals surface area contributed by atoms with Gasteiger partial charge in [0.2, 0.25) is 0 Å². The molecule has 0 saturated heterocycles. The van der Waals surface area contributed by atoms with Crippen LogP contribution >= 0.6 is 0 Å². The third kappa shape index (κ3) is 1.47. The summed E-state index contributed by atoms with van der Waals surface area (Å²) >= 11 is 0. The zero-order valence-corrected chi connectivity index (χ0v) is 6.30. The Labute approximate surface area is 57.4 Å². The van der Waals surface area contributed by atoms with Gasteiger partial charge in [-0.25, -0.2) is 0 Å². The van der Waals surface area contributed by atoms with Crippen molar-refractivity contribution in [2.45, 2.75) is 32.7 Å². The van der Waals surface area contributed by atoms with Crippen molar-refractivity contribution < 1.29 is 0 Å². The summed E-state index contributed by atoms with van der Waals surface area (Å²) in [4.78, 5) is 2.38. The quantitative estimate of drug-likeness (QED) is 0.518. The number of hydrogen-bond acceptors (Lipinski definition) is 1. The molecule has 0 spiro atoms. The van der Waals surface area contributed by atoms with Crippen LogP contribution in [0.2, 0.25) is 0 Å². The first kappa shape index (κ1) is 6.66. The molecule has 0 bridgehead atoms. The minimum atomic E-state index is 0.764. The van der Waals surface area contributed by atoms with E-state index in [0.717, 1.165) is 12.6 Å². The highest BCUT2D eigenvalue weighted by atomic mass is 15.1. The third-order valence-electron chi connectivity index (χ3n) is 1.98. The first-order valence-corrected chi connectivity index (χ1v) is 3.77. The fourth-order valence-electron chi connectivity index (χ4n) is 1.28. The molecule has 0 radical (unpaired) electrons. The summed E-state index contributed by atoms with van der Waals surface area (Å²) in [6.07, 6.45) is 7.06. The average molecular weight is 125 g/mol. The van der Waals surface area contributed by atoms with Crippen LogP contribution < -0.4 is 0 Å². The predicted octanol–water partition coefficient (Wildman–Crippen LogP) is 2.00. The van der Waals surface area contributed by atoms with Gasteiger partial charge < -0.3 is 4.90 Å². The van der Waals surface area contributed by atoms with Crippen molar-refractivity contribution in [1.82, 2.24) is 4.90 Å². The van der Waals surface area contributed by atoms with Gasteiger partial charge in [-0.2, -0.15) is 0 Å². The highest BCUT2D eigenvalue weighted by Gasteiger charge is 2.09. The van der Waals surface area contributed by atoms with Gasteiger partial charge in [0.1, 0.15) is 0 Å². The minimum absolute atomic E-state index is 0.764.